The Hall–Kier alpha value is -2.79. The Bertz CT molecular complexity index is 1090. The number of nitrogens with zero attached hydrogens (tertiary/aromatic N) is 2. The maximum atomic E-state index is 13.2. The number of sulfonamides is 1. The molecule has 0 spiro atoms. The molecular formula is C22H25F3N2O5S. The van der Waals surface area contributed by atoms with E-state index in [4.69, 9.17) is 4.74 Å². The summed E-state index contributed by atoms with van der Waals surface area (Å²) in [5.74, 6) is -2.28. The highest BCUT2D eigenvalue weighted by molar-refractivity contribution is 7.92. The first kappa shape index (κ1) is 24.8. The van der Waals surface area contributed by atoms with Crippen LogP contribution in [0.25, 0.3) is 0 Å². The Balaban J connectivity index is 2.01. The average molecular weight is 487 g/mol. The minimum atomic E-state index is -5.37. The molecule has 0 aliphatic carbocycles. The van der Waals surface area contributed by atoms with Gasteiger partial charge in [-0.1, -0.05) is 17.5 Å². The van der Waals surface area contributed by atoms with E-state index in [1.807, 2.05) is 0 Å². The molecule has 7 nitrogen and oxygen atoms in total. The second-order valence-corrected chi connectivity index (χ2v) is 9.33. The van der Waals surface area contributed by atoms with Crippen LogP contribution in [0.4, 0.5) is 18.9 Å². The Morgan fingerprint density at radius 1 is 1.06 bits per heavy atom. The molecule has 0 amide bonds. The molecule has 1 heterocycles. The minimum Gasteiger partial charge on any atom is -0.497 e. The largest absolute Gasteiger partial charge is 0.497 e. The zero-order valence-electron chi connectivity index (χ0n) is 18.3. The third kappa shape index (κ3) is 5.77. The van der Waals surface area contributed by atoms with Gasteiger partial charge in [0.15, 0.2) is 0 Å². The summed E-state index contributed by atoms with van der Waals surface area (Å²) >= 11 is 0. The van der Waals surface area contributed by atoms with Crippen LogP contribution in [0.5, 0.6) is 5.75 Å². The number of ether oxygens (including phenoxy) is 1. The molecular weight excluding hydrogens is 461 g/mol. The monoisotopic (exact) mass is 486 g/mol. The molecule has 11 heteroatoms. The molecule has 2 aromatic carbocycles. The van der Waals surface area contributed by atoms with Crippen molar-refractivity contribution in [1.82, 2.24) is 4.90 Å². The van der Waals surface area contributed by atoms with Crippen molar-refractivity contribution in [3.8, 4) is 5.75 Å². The number of benzene rings is 2. The minimum absolute atomic E-state index is 0.0413. The first-order valence-corrected chi connectivity index (χ1v) is 11.8. The van der Waals surface area contributed by atoms with Gasteiger partial charge < -0.3 is 14.5 Å². The predicted octanol–water partition coefficient (Wildman–Crippen LogP) is 3.72. The second kappa shape index (κ2) is 10.0. The van der Waals surface area contributed by atoms with Crippen molar-refractivity contribution in [2.75, 3.05) is 31.2 Å². The molecule has 0 bridgehead atoms. The fraction of sp³-hybridized carbons (Fsp3) is 0.409. The lowest BCUT2D eigenvalue weighted by molar-refractivity contribution is -0.199. The summed E-state index contributed by atoms with van der Waals surface area (Å²) in [6.45, 7) is 4.56. The molecule has 180 valence electrons. The SMILES string of the molecule is CCCN1CCc2ccc(N(OC(=O)C(F)(F)F)S(=O)(=O)c3ccc(OC)cc3)cc2CC1. The van der Waals surface area contributed by atoms with Gasteiger partial charge in [0.25, 0.3) is 10.0 Å². The summed E-state index contributed by atoms with van der Waals surface area (Å²) in [5.41, 5.74) is 1.58. The van der Waals surface area contributed by atoms with Gasteiger partial charge >= 0.3 is 12.1 Å². The molecule has 0 unspecified atom stereocenters. The van der Waals surface area contributed by atoms with E-state index in [2.05, 4.69) is 16.7 Å². The highest BCUT2D eigenvalue weighted by Gasteiger charge is 2.45. The normalized spacial score (nSPS) is 14.8. The number of anilines is 1. The van der Waals surface area contributed by atoms with Crippen molar-refractivity contribution >= 4 is 21.7 Å². The summed E-state index contributed by atoms with van der Waals surface area (Å²) in [6.07, 6.45) is -3.07. The number of carbonyl (C=O) groups is 1. The average Bonchev–Trinajstić information content (AvgIpc) is 2.98. The Kier molecular flexibility index (Phi) is 7.53. The third-order valence-corrected chi connectivity index (χ3v) is 6.90. The maximum absolute atomic E-state index is 13.2. The number of carbonyl (C=O) groups excluding carboxylic acids is 1. The van der Waals surface area contributed by atoms with E-state index >= 15 is 0 Å². The smallest absolute Gasteiger partial charge is 0.493 e. The molecule has 1 aliphatic heterocycles. The van der Waals surface area contributed by atoms with Gasteiger partial charge in [0, 0.05) is 13.1 Å². The van der Waals surface area contributed by atoms with E-state index in [-0.39, 0.29) is 15.1 Å². The van der Waals surface area contributed by atoms with E-state index in [0.717, 1.165) is 55.7 Å². The van der Waals surface area contributed by atoms with Gasteiger partial charge in [-0.15, -0.1) is 0 Å². The second-order valence-electron chi connectivity index (χ2n) is 7.58. The molecule has 2 aromatic rings. The number of fused-ring (bicyclic) bond motifs is 1. The highest BCUT2D eigenvalue weighted by Crippen LogP contribution is 2.30. The third-order valence-electron chi connectivity index (χ3n) is 5.31. The molecule has 0 atom stereocenters. The molecule has 0 aromatic heterocycles. The number of halogens is 3. The van der Waals surface area contributed by atoms with E-state index < -0.39 is 22.2 Å². The van der Waals surface area contributed by atoms with Crippen molar-refractivity contribution in [2.24, 2.45) is 0 Å². The fourth-order valence-electron chi connectivity index (χ4n) is 3.62. The quantitative estimate of drug-likeness (QED) is 0.556. The number of methoxy groups -OCH3 is 1. The zero-order valence-corrected chi connectivity index (χ0v) is 19.1. The predicted molar refractivity (Wildman–Crippen MR) is 115 cm³/mol. The van der Waals surface area contributed by atoms with E-state index in [9.17, 15) is 26.4 Å². The van der Waals surface area contributed by atoms with Gasteiger partial charge in [-0.3, -0.25) is 0 Å². The molecule has 0 saturated carbocycles. The Morgan fingerprint density at radius 3 is 2.27 bits per heavy atom. The molecule has 0 fully saturated rings. The van der Waals surface area contributed by atoms with E-state index in [1.54, 1.807) is 6.07 Å². The van der Waals surface area contributed by atoms with Crippen LogP contribution in [0.15, 0.2) is 47.4 Å². The van der Waals surface area contributed by atoms with Crippen LogP contribution < -0.4 is 9.21 Å². The maximum Gasteiger partial charge on any atom is 0.493 e. The number of rotatable bonds is 7. The van der Waals surface area contributed by atoms with Gasteiger partial charge in [0.1, 0.15) is 5.75 Å². The van der Waals surface area contributed by atoms with Gasteiger partial charge in [0.05, 0.1) is 17.7 Å². The standard InChI is InChI=1S/C22H25F3N2O5S/c1-3-12-26-13-10-16-4-5-18(15-17(16)11-14-26)27(32-21(28)22(23,24)25)33(29,30)20-8-6-19(31-2)7-9-20/h4-9,15H,3,10-14H2,1-2H3. The summed E-state index contributed by atoms with van der Waals surface area (Å²) in [5, 5.41) is 0. The summed E-state index contributed by atoms with van der Waals surface area (Å²) in [4.78, 5) is 17.9. The topological polar surface area (TPSA) is 76.2 Å². The summed E-state index contributed by atoms with van der Waals surface area (Å²) < 4.78 is 70.2. The molecule has 33 heavy (non-hydrogen) atoms. The van der Waals surface area contributed by atoms with Crippen LogP contribution in [0.2, 0.25) is 0 Å². The molecule has 0 N–H and O–H groups in total. The lowest BCUT2D eigenvalue weighted by Gasteiger charge is -2.24. The molecule has 3 rings (SSSR count). The van der Waals surface area contributed by atoms with Crippen molar-refractivity contribution in [3.63, 3.8) is 0 Å². The highest BCUT2D eigenvalue weighted by atomic mass is 32.2. The Labute approximate surface area is 190 Å². The lowest BCUT2D eigenvalue weighted by Crippen LogP contribution is -2.38. The molecule has 0 radical (unpaired) electrons. The van der Waals surface area contributed by atoms with Crippen LogP contribution in [-0.4, -0.2) is 52.2 Å². The molecule has 1 aliphatic rings. The van der Waals surface area contributed by atoms with Crippen molar-refractivity contribution in [2.45, 2.75) is 37.3 Å². The first-order chi connectivity index (χ1) is 15.6. The van der Waals surface area contributed by atoms with E-state index in [1.165, 1.54) is 31.4 Å². The van der Waals surface area contributed by atoms with Crippen LogP contribution >= 0.6 is 0 Å². The van der Waals surface area contributed by atoms with Crippen LogP contribution in [0, 0.1) is 0 Å². The fourth-order valence-corrected chi connectivity index (χ4v) is 4.85. The molecule has 0 saturated heterocycles. The lowest BCUT2D eigenvalue weighted by atomic mass is 10.0. The zero-order chi connectivity index (χ0) is 24.2. The number of alkyl halides is 3. The van der Waals surface area contributed by atoms with Crippen LogP contribution in [0.1, 0.15) is 24.5 Å². The van der Waals surface area contributed by atoms with Gasteiger partial charge in [0.2, 0.25) is 0 Å². The van der Waals surface area contributed by atoms with Crippen molar-refractivity contribution in [1.29, 1.82) is 0 Å². The van der Waals surface area contributed by atoms with Crippen LogP contribution in [0.3, 0.4) is 0 Å². The van der Waals surface area contributed by atoms with Gasteiger partial charge in [-0.2, -0.15) is 21.6 Å². The summed E-state index contributed by atoms with van der Waals surface area (Å²) in [7, 11) is -3.28. The van der Waals surface area contributed by atoms with Crippen LogP contribution in [-0.2, 0) is 32.5 Å². The van der Waals surface area contributed by atoms with E-state index in [0.29, 0.717) is 12.2 Å². The number of hydrogen-bond acceptors (Lipinski definition) is 6. The van der Waals surface area contributed by atoms with Gasteiger partial charge in [-0.05, 0) is 73.3 Å². The summed E-state index contributed by atoms with van der Waals surface area (Å²) in [6, 6.07) is 9.49. The van der Waals surface area contributed by atoms with Crippen molar-refractivity contribution < 1.29 is 36.0 Å². The first-order valence-electron chi connectivity index (χ1n) is 10.4. The van der Waals surface area contributed by atoms with Crippen molar-refractivity contribution in [3.05, 3.63) is 53.6 Å². The number of hydrogen-bond donors (Lipinski definition) is 0. The van der Waals surface area contributed by atoms with Gasteiger partial charge in [-0.25, -0.2) is 4.79 Å². The Morgan fingerprint density at radius 2 is 1.70 bits per heavy atom.